The van der Waals surface area contributed by atoms with E-state index in [0.29, 0.717) is 11.4 Å². The molecule has 1 saturated heterocycles. The van der Waals surface area contributed by atoms with Gasteiger partial charge in [0.25, 0.3) is 0 Å². The van der Waals surface area contributed by atoms with Gasteiger partial charge in [-0.05, 0) is 47.5 Å². The van der Waals surface area contributed by atoms with Gasteiger partial charge in [0.1, 0.15) is 6.10 Å². The summed E-state index contributed by atoms with van der Waals surface area (Å²) < 4.78 is 29.9. The van der Waals surface area contributed by atoms with Crippen LogP contribution in [0.1, 0.15) is 10.4 Å². The van der Waals surface area contributed by atoms with Crippen LogP contribution in [0.4, 0.5) is 21.0 Å². The van der Waals surface area contributed by atoms with Gasteiger partial charge >= 0.3 is 18.2 Å². The van der Waals surface area contributed by atoms with Crippen molar-refractivity contribution in [2.45, 2.75) is 30.7 Å². The fourth-order valence-corrected chi connectivity index (χ4v) is 6.11. The molecule has 0 aromatic heterocycles. The van der Waals surface area contributed by atoms with E-state index >= 15 is 0 Å². The number of hydrogen-bond acceptors (Lipinski definition) is 9. The smallest absolute Gasteiger partial charge is 0.412 e. The molecule has 0 saturated carbocycles. The van der Waals surface area contributed by atoms with E-state index in [0.717, 1.165) is 26.7 Å². The summed E-state index contributed by atoms with van der Waals surface area (Å²) in [5.74, 6) is -0.793. The number of anilines is 2. The summed E-state index contributed by atoms with van der Waals surface area (Å²) in [6, 6.07) is 39.6. The SMILES string of the molecule is CO[C@H]1O[C@H](CO)[C@@H](OC(=O)c2ccc(Br)cc2)[C@H](OC(=O)Nc2ccccc2-c2ccccc2)[C@H]1OC(=O)Nc1ccccc1-c1ccccc1. The molecule has 1 aliphatic heterocycles. The van der Waals surface area contributed by atoms with E-state index in [1.807, 2.05) is 84.9 Å². The Kier molecular flexibility index (Phi) is 11.9. The number of carbonyl (C=O) groups excluding carboxylic acids is 3. The lowest BCUT2D eigenvalue weighted by Crippen LogP contribution is -2.63. The van der Waals surface area contributed by atoms with Gasteiger partial charge in [0.15, 0.2) is 24.6 Å². The van der Waals surface area contributed by atoms with Crippen molar-refractivity contribution < 1.29 is 43.2 Å². The number of esters is 1. The molecule has 11 nitrogen and oxygen atoms in total. The Morgan fingerprint density at radius 1 is 0.635 bits per heavy atom. The minimum atomic E-state index is -1.52. The summed E-state index contributed by atoms with van der Waals surface area (Å²) in [6.07, 6.45) is -8.90. The van der Waals surface area contributed by atoms with Crippen molar-refractivity contribution in [1.82, 2.24) is 0 Å². The third kappa shape index (κ3) is 8.67. The molecule has 0 radical (unpaired) electrons. The van der Waals surface area contributed by atoms with Crippen LogP contribution in [0.15, 0.2) is 138 Å². The van der Waals surface area contributed by atoms with E-state index in [4.69, 9.17) is 23.7 Å². The highest BCUT2D eigenvalue weighted by molar-refractivity contribution is 9.10. The van der Waals surface area contributed by atoms with Crippen molar-refractivity contribution >= 4 is 45.5 Å². The average molecular weight is 768 g/mol. The molecule has 2 amide bonds. The number of carbonyl (C=O) groups is 3. The first-order chi connectivity index (χ1) is 25.3. The number of amides is 2. The van der Waals surface area contributed by atoms with Crippen molar-refractivity contribution in [3.05, 3.63) is 143 Å². The van der Waals surface area contributed by atoms with Gasteiger partial charge in [-0.15, -0.1) is 0 Å². The Bertz CT molecular complexity index is 1980. The van der Waals surface area contributed by atoms with Crippen molar-refractivity contribution in [2.24, 2.45) is 0 Å². The number of rotatable bonds is 10. The molecule has 0 spiro atoms. The van der Waals surface area contributed by atoms with Gasteiger partial charge in [0, 0.05) is 22.7 Å². The fourth-order valence-electron chi connectivity index (χ4n) is 5.84. The van der Waals surface area contributed by atoms with E-state index in [2.05, 4.69) is 26.6 Å². The maximum atomic E-state index is 13.7. The zero-order valence-corrected chi connectivity index (χ0v) is 29.5. The number of hydrogen-bond donors (Lipinski definition) is 3. The quantitative estimate of drug-likeness (QED) is 0.0955. The lowest BCUT2D eigenvalue weighted by molar-refractivity contribution is -0.290. The maximum absolute atomic E-state index is 13.7. The largest absolute Gasteiger partial charge is 0.452 e. The number of halogens is 1. The standard InChI is InChI=1S/C40H35BrN2O9/c1-48-38-36(52-40(47)43-32-19-11-9-17-30(32)26-14-6-3-7-15-26)35(34(33(24-44)49-38)50-37(45)27-20-22-28(41)23-21-27)51-39(46)42-31-18-10-8-16-29(31)25-12-4-2-5-13-25/h2-23,33-36,38,44H,24H2,1H3,(H,42,46)(H,43,47)/t33-,34-,35+,36-,38+/m1/s1. The molecule has 266 valence electrons. The van der Waals surface area contributed by atoms with Gasteiger partial charge < -0.3 is 28.8 Å². The van der Waals surface area contributed by atoms with Crippen LogP contribution in [0, 0.1) is 0 Å². The van der Waals surface area contributed by atoms with E-state index in [9.17, 15) is 19.5 Å². The Balaban J connectivity index is 1.31. The summed E-state index contributed by atoms with van der Waals surface area (Å²) in [6.45, 7) is -0.653. The molecule has 3 N–H and O–H groups in total. The summed E-state index contributed by atoms with van der Waals surface area (Å²) in [5, 5.41) is 15.9. The summed E-state index contributed by atoms with van der Waals surface area (Å²) in [5.41, 5.74) is 4.22. The Morgan fingerprint density at radius 3 is 1.62 bits per heavy atom. The van der Waals surface area contributed by atoms with Gasteiger partial charge in [-0.1, -0.05) is 113 Å². The van der Waals surface area contributed by atoms with Crippen molar-refractivity contribution in [3.8, 4) is 22.3 Å². The number of para-hydroxylation sites is 2. The lowest BCUT2D eigenvalue weighted by Gasteiger charge is -2.43. The van der Waals surface area contributed by atoms with Gasteiger partial charge in [-0.3, -0.25) is 10.6 Å². The molecule has 5 atom stereocenters. The van der Waals surface area contributed by atoms with E-state index in [-0.39, 0.29) is 5.56 Å². The highest BCUT2D eigenvalue weighted by Crippen LogP contribution is 2.33. The third-order valence-corrected chi connectivity index (χ3v) is 8.84. The van der Waals surface area contributed by atoms with Crippen LogP contribution in [0.2, 0.25) is 0 Å². The molecule has 5 aromatic rings. The molecule has 5 aromatic carbocycles. The van der Waals surface area contributed by atoms with Crippen molar-refractivity contribution in [1.29, 1.82) is 0 Å². The number of nitrogens with one attached hydrogen (secondary N) is 2. The van der Waals surface area contributed by atoms with Gasteiger partial charge in [-0.2, -0.15) is 0 Å². The normalized spacial score (nSPS) is 19.6. The van der Waals surface area contributed by atoms with Gasteiger partial charge in [0.2, 0.25) is 0 Å². The molecule has 1 aliphatic rings. The van der Waals surface area contributed by atoms with E-state index in [1.165, 1.54) is 19.2 Å². The molecular formula is C40H35BrN2O9. The molecular weight excluding hydrogens is 732 g/mol. The molecule has 12 heteroatoms. The predicted octanol–water partition coefficient (Wildman–Crippen LogP) is 7.91. The number of methoxy groups -OCH3 is 1. The monoisotopic (exact) mass is 766 g/mol. The lowest BCUT2D eigenvalue weighted by atomic mass is 9.98. The summed E-state index contributed by atoms with van der Waals surface area (Å²) in [7, 11) is 1.31. The highest BCUT2D eigenvalue weighted by Gasteiger charge is 2.53. The second-order valence-electron chi connectivity index (χ2n) is 11.7. The molecule has 52 heavy (non-hydrogen) atoms. The summed E-state index contributed by atoms with van der Waals surface area (Å²) in [4.78, 5) is 40.8. The number of aliphatic hydroxyl groups excluding tert-OH is 1. The first-order valence-electron chi connectivity index (χ1n) is 16.3. The van der Waals surface area contributed by atoms with Crippen LogP contribution in [-0.2, 0) is 23.7 Å². The molecule has 1 heterocycles. The van der Waals surface area contributed by atoms with Crippen LogP contribution in [0.3, 0.4) is 0 Å². The highest BCUT2D eigenvalue weighted by atomic mass is 79.9. The minimum absolute atomic E-state index is 0.182. The average Bonchev–Trinajstić information content (AvgIpc) is 3.17. The van der Waals surface area contributed by atoms with E-state index < -0.39 is 55.5 Å². The molecule has 0 bridgehead atoms. The van der Waals surface area contributed by atoms with E-state index in [1.54, 1.807) is 36.4 Å². The maximum Gasteiger partial charge on any atom is 0.412 e. The number of benzene rings is 5. The van der Waals surface area contributed by atoms with Crippen LogP contribution in [-0.4, -0.2) is 67.7 Å². The molecule has 1 fully saturated rings. The third-order valence-electron chi connectivity index (χ3n) is 8.31. The topological polar surface area (TPSA) is 142 Å². The second-order valence-corrected chi connectivity index (χ2v) is 12.6. The Morgan fingerprint density at radius 2 is 1.12 bits per heavy atom. The summed E-state index contributed by atoms with van der Waals surface area (Å²) >= 11 is 3.35. The van der Waals surface area contributed by atoms with Crippen LogP contribution >= 0.6 is 15.9 Å². The second kappa shape index (κ2) is 17.1. The first-order valence-corrected chi connectivity index (χ1v) is 17.1. The van der Waals surface area contributed by atoms with Gasteiger partial charge in [-0.25, -0.2) is 14.4 Å². The van der Waals surface area contributed by atoms with Crippen molar-refractivity contribution in [3.63, 3.8) is 0 Å². The van der Waals surface area contributed by atoms with Crippen LogP contribution in [0.5, 0.6) is 0 Å². The Labute approximate surface area is 308 Å². The zero-order valence-electron chi connectivity index (χ0n) is 27.9. The van der Waals surface area contributed by atoms with Gasteiger partial charge in [0.05, 0.1) is 23.5 Å². The predicted molar refractivity (Wildman–Crippen MR) is 198 cm³/mol. The first kappa shape index (κ1) is 36.3. The molecule has 0 aliphatic carbocycles. The fraction of sp³-hybridized carbons (Fsp3) is 0.175. The molecule has 6 rings (SSSR count). The Hall–Kier alpha value is -5.53. The van der Waals surface area contributed by atoms with Crippen molar-refractivity contribution in [2.75, 3.05) is 24.4 Å². The number of ether oxygens (including phenoxy) is 5. The van der Waals surface area contributed by atoms with Crippen LogP contribution in [0.25, 0.3) is 22.3 Å². The van der Waals surface area contributed by atoms with Crippen LogP contribution < -0.4 is 10.6 Å². The zero-order chi connectivity index (χ0) is 36.5. The molecule has 0 unspecified atom stereocenters. The minimum Gasteiger partial charge on any atom is -0.452 e. The number of aliphatic hydroxyl groups is 1.